The first-order chi connectivity index (χ1) is 13.6. The number of rotatable bonds is 8. The second-order valence-corrected chi connectivity index (χ2v) is 6.71. The van der Waals surface area contributed by atoms with Crippen molar-refractivity contribution in [2.45, 2.75) is 45.7 Å². The molecule has 3 aromatic rings. The van der Waals surface area contributed by atoms with Gasteiger partial charge in [-0.1, -0.05) is 30.3 Å². The Labute approximate surface area is 164 Å². The van der Waals surface area contributed by atoms with Crippen LogP contribution >= 0.6 is 0 Å². The summed E-state index contributed by atoms with van der Waals surface area (Å²) in [6.45, 7) is 4.50. The van der Waals surface area contributed by atoms with Crippen molar-refractivity contribution >= 4 is 5.91 Å². The van der Waals surface area contributed by atoms with Gasteiger partial charge in [0.25, 0.3) is 0 Å². The molecular formula is C22H24N4O2. The van der Waals surface area contributed by atoms with Gasteiger partial charge in [0, 0.05) is 12.1 Å². The predicted octanol–water partition coefficient (Wildman–Crippen LogP) is 3.85. The Bertz CT molecular complexity index is 953. The molecule has 0 bridgehead atoms. The molecule has 0 radical (unpaired) electrons. The summed E-state index contributed by atoms with van der Waals surface area (Å²) >= 11 is 0. The van der Waals surface area contributed by atoms with Gasteiger partial charge in [0.15, 0.2) is 0 Å². The number of aromatic nitrogens is 2. The topological polar surface area (TPSA) is 83.8 Å². The average Bonchev–Trinajstić information content (AvgIpc) is 3.32. The van der Waals surface area contributed by atoms with Gasteiger partial charge in [0.1, 0.15) is 11.8 Å². The van der Waals surface area contributed by atoms with Gasteiger partial charge in [-0.05, 0) is 43.5 Å². The summed E-state index contributed by atoms with van der Waals surface area (Å²) in [7, 11) is 0. The molecule has 1 unspecified atom stereocenters. The molecule has 3 rings (SSSR count). The zero-order valence-electron chi connectivity index (χ0n) is 16.2. The van der Waals surface area contributed by atoms with Crippen LogP contribution in [-0.4, -0.2) is 15.7 Å². The van der Waals surface area contributed by atoms with Crippen LogP contribution in [0.5, 0.6) is 0 Å². The van der Waals surface area contributed by atoms with Gasteiger partial charge >= 0.3 is 0 Å². The third-order valence-corrected chi connectivity index (χ3v) is 4.83. The normalized spacial score (nSPS) is 11.8. The smallest absolute Gasteiger partial charge is 0.221 e. The standard InChI is InChI=1S/C22H24N4O2/c1-16-19(17(2)26(25-16)14-7-13-23)11-12-21(27)24-22(20-10-6-15-28-20)18-8-4-3-5-9-18/h3-6,8-10,15,22H,7,11-12,14H2,1-2H3,(H,24,27). The van der Waals surface area contributed by atoms with E-state index in [9.17, 15) is 4.79 Å². The lowest BCUT2D eigenvalue weighted by molar-refractivity contribution is -0.121. The van der Waals surface area contributed by atoms with Gasteiger partial charge in [-0.15, -0.1) is 0 Å². The second kappa shape index (κ2) is 9.05. The van der Waals surface area contributed by atoms with Crippen LogP contribution in [0, 0.1) is 25.2 Å². The number of furan rings is 1. The highest BCUT2D eigenvalue weighted by Crippen LogP contribution is 2.23. The van der Waals surface area contributed by atoms with E-state index in [1.165, 1.54) is 0 Å². The number of amides is 1. The molecule has 6 heteroatoms. The molecule has 144 valence electrons. The Balaban J connectivity index is 1.68. The summed E-state index contributed by atoms with van der Waals surface area (Å²) in [5.74, 6) is 0.657. The fourth-order valence-corrected chi connectivity index (χ4v) is 3.36. The second-order valence-electron chi connectivity index (χ2n) is 6.71. The van der Waals surface area contributed by atoms with E-state index in [1.807, 2.05) is 61.0 Å². The van der Waals surface area contributed by atoms with Crippen molar-refractivity contribution in [2.24, 2.45) is 0 Å². The van der Waals surface area contributed by atoms with E-state index in [0.29, 0.717) is 31.6 Å². The maximum absolute atomic E-state index is 12.7. The molecule has 0 saturated heterocycles. The highest BCUT2D eigenvalue weighted by Gasteiger charge is 2.20. The Morgan fingerprint density at radius 1 is 1.25 bits per heavy atom. The van der Waals surface area contributed by atoms with Crippen molar-refractivity contribution in [1.82, 2.24) is 15.1 Å². The summed E-state index contributed by atoms with van der Waals surface area (Å²) in [6, 6.07) is 15.3. The molecule has 1 aromatic carbocycles. The van der Waals surface area contributed by atoms with Crippen LogP contribution in [0.3, 0.4) is 0 Å². The molecule has 0 aliphatic carbocycles. The number of nitrogens with one attached hydrogen (secondary N) is 1. The summed E-state index contributed by atoms with van der Waals surface area (Å²) in [6.07, 6.45) is 2.99. The number of hydrogen-bond donors (Lipinski definition) is 1. The summed E-state index contributed by atoms with van der Waals surface area (Å²) in [5, 5.41) is 16.4. The maximum atomic E-state index is 12.7. The molecule has 0 fully saturated rings. The van der Waals surface area contributed by atoms with Gasteiger partial charge < -0.3 is 9.73 Å². The lowest BCUT2D eigenvalue weighted by atomic mass is 10.0. The van der Waals surface area contributed by atoms with Crippen LogP contribution in [0.4, 0.5) is 0 Å². The number of hydrogen-bond acceptors (Lipinski definition) is 4. The molecule has 28 heavy (non-hydrogen) atoms. The molecule has 1 atom stereocenters. The van der Waals surface area contributed by atoms with Crippen molar-refractivity contribution in [3.63, 3.8) is 0 Å². The van der Waals surface area contributed by atoms with E-state index >= 15 is 0 Å². The Kier molecular flexibility index (Phi) is 6.28. The van der Waals surface area contributed by atoms with E-state index in [4.69, 9.17) is 9.68 Å². The molecule has 2 heterocycles. The minimum absolute atomic E-state index is 0.0474. The third-order valence-electron chi connectivity index (χ3n) is 4.83. The summed E-state index contributed by atoms with van der Waals surface area (Å²) < 4.78 is 7.39. The number of carbonyl (C=O) groups excluding carboxylic acids is 1. The van der Waals surface area contributed by atoms with E-state index < -0.39 is 0 Å². The van der Waals surface area contributed by atoms with E-state index in [-0.39, 0.29) is 11.9 Å². The van der Waals surface area contributed by atoms with Crippen LogP contribution in [0.25, 0.3) is 0 Å². The van der Waals surface area contributed by atoms with Crippen LogP contribution in [0.15, 0.2) is 53.1 Å². The molecule has 2 aromatic heterocycles. The van der Waals surface area contributed by atoms with Crippen molar-refractivity contribution in [3.05, 3.63) is 77.0 Å². The quantitative estimate of drug-likeness (QED) is 0.647. The zero-order valence-corrected chi connectivity index (χ0v) is 16.2. The number of aryl methyl sites for hydroxylation is 2. The molecule has 0 saturated carbocycles. The molecule has 0 aliphatic heterocycles. The van der Waals surface area contributed by atoms with E-state index in [2.05, 4.69) is 16.5 Å². The van der Waals surface area contributed by atoms with Gasteiger partial charge in [-0.25, -0.2) is 0 Å². The van der Waals surface area contributed by atoms with Gasteiger partial charge in [0.2, 0.25) is 5.91 Å². The molecule has 1 N–H and O–H groups in total. The maximum Gasteiger partial charge on any atom is 0.221 e. The molecule has 6 nitrogen and oxygen atoms in total. The summed E-state index contributed by atoms with van der Waals surface area (Å²) in [5.41, 5.74) is 3.98. The van der Waals surface area contributed by atoms with Gasteiger partial charge in [-0.2, -0.15) is 10.4 Å². The molecule has 0 aliphatic rings. The minimum atomic E-state index is -0.316. The van der Waals surface area contributed by atoms with Crippen LogP contribution < -0.4 is 5.32 Å². The number of nitrogens with zero attached hydrogens (tertiary/aromatic N) is 3. The monoisotopic (exact) mass is 376 g/mol. The first kappa shape index (κ1) is 19.4. The molecule has 1 amide bonds. The SMILES string of the molecule is Cc1nn(CCC#N)c(C)c1CCC(=O)NC(c1ccccc1)c1ccco1. The van der Waals surface area contributed by atoms with Crippen molar-refractivity contribution in [2.75, 3.05) is 0 Å². The van der Waals surface area contributed by atoms with Crippen LogP contribution in [0.2, 0.25) is 0 Å². The number of nitriles is 1. The predicted molar refractivity (Wildman–Crippen MR) is 105 cm³/mol. The van der Waals surface area contributed by atoms with Crippen LogP contribution in [-0.2, 0) is 17.8 Å². The van der Waals surface area contributed by atoms with Gasteiger partial charge in [0.05, 0.1) is 31.0 Å². The Morgan fingerprint density at radius 3 is 2.71 bits per heavy atom. The zero-order chi connectivity index (χ0) is 19.9. The lowest BCUT2D eigenvalue weighted by Gasteiger charge is -2.17. The first-order valence-corrected chi connectivity index (χ1v) is 9.37. The fraction of sp³-hybridized carbons (Fsp3) is 0.318. The Hall–Kier alpha value is -3.33. The van der Waals surface area contributed by atoms with Crippen molar-refractivity contribution in [3.8, 4) is 6.07 Å². The lowest BCUT2D eigenvalue weighted by Crippen LogP contribution is -2.29. The first-order valence-electron chi connectivity index (χ1n) is 9.37. The fourth-order valence-electron chi connectivity index (χ4n) is 3.36. The van der Waals surface area contributed by atoms with E-state index in [1.54, 1.807) is 6.26 Å². The highest BCUT2D eigenvalue weighted by molar-refractivity contribution is 5.77. The van der Waals surface area contributed by atoms with Gasteiger partial charge in [-0.3, -0.25) is 9.48 Å². The summed E-state index contributed by atoms with van der Waals surface area (Å²) in [4.78, 5) is 12.7. The van der Waals surface area contributed by atoms with Crippen molar-refractivity contribution < 1.29 is 9.21 Å². The Morgan fingerprint density at radius 2 is 2.04 bits per heavy atom. The van der Waals surface area contributed by atoms with Crippen molar-refractivity contribution in [1.29, 1.82) is 5.26 Å². The molecule has 0 spiro atoms. The van der Waals surface area contributed by atoms with E-state index in [0.717, 1.165) is 22.5 Å². The number of benzene rings is 1. The third kappa shape index (κ3) is 4.49. The highest BCUT2D eigenvalue weighted by atomic mass is 16.3. The largest absolute Gasteiger partial charge is 0.467 e. The minimum Gasteiger partial charge on any atom is -0.467 e. The average molecular weight is 376 g/mol. The molecular weight excluding hydrogens is 352 g/mol. The number of carbonyl (C=O) groups is 1. The van der Waals surface area contributed by atoms with Crippen LogP contribution in [0.1, 0.15) is 47.2 Å².